The molecular weight excluding hydrogens is 76.0 g/mol. The fraction of sp³-hybridized carbons (Fsp3) is 0. The quantitative estimate of drug-likeness (QED) is 0.247. The molecule has 0 fully saturated rings. The van der Waals surface area contributed by atoms with Gasteiger partial charge < -0.3 is 11.0 Å². The predicted octanol–water partition coefficient (Wildman–Crippen LogP) is -1.81. The molecule has 0 aliphatic rings. The maximum Gasteiger partial charge on any atom is 0.151 e. The molecule has 5 heteroatoms. The highest BCUT2D eigenvalue weighted by Gasteiger charge is 1.06. The van der Waals surface area contributed by atoms with E-state index in [4.69, 9.17) is 10.4 Å². The summed E-state index contributed by atoms with van der Waals surface area (Å²) < 4.78 is 0. The first kappa shape index (κ1) is 29.2. The van der Waals surface area contributed by atoms with Crippen LogP contribution in [0.5, 0.6) is 0 Å². The molecule has 0 aromatic rings. The third kappa shape index (κ3) is 8.24. The van der Waals surface area contributed by atoms with Crippen molar-refractivity contribution in [3.63, 3.8) is 0 Å². The van der Waals surface area contributed by atoms with E-state index in [2.05, 4.69) is 0 Å². The lowest BCUT2D eigenvalue weighted by atomic mass is 13.2. The first-order valence-electron chi connectivity index (χ1n) is 0.383. The molecule has 0 aliphatic heterocycles. The predicted molar refractivity (Wildman–Crippen MR) is 16.1 cm³/mol. The fourth-order valence-corrected chi connectivity index (χ4v) is 0. The van der Waals surface area contributed by atoms with Crippen LogP contribution in [0.3, 0.4) is 0 Å². The summed E-state index contributed by atoms with van der Waals surface area (Å²) in [6.07, 6.45) is 0. The summed E-state index contributed by atoms with van der Waals surface area (Å²) >= 11 is 0. The normalized spacial score (nSPS) is 1.60. The van der Waals surface area contributed by atoms with E-state index in [1.54, 1.807) is 0 Å². The Hall–Kier alpha value is -0.770. The van der Waals surface area contributed by atoms with Gasteiger partial charge in [0.1, 0.15) is 4.97 Å². The van der Waals surface area contributed by atoms with Crippen LogP contribution in [0.1, 0.15) is 0 Å². The molecule has 0 atom stereocenters. The maximum absolute atomic E-state index is 8.11. The van der Waals surface area contributed by atoms with Gasteiger partial charge in [0.15, 0.2) is 4.91 Å². The molecular formula is H4N2O3. The molecule has 32 valence electrons. The van der Waals surface area contributed by atoms with Gasteiger partial charge in [0.05, 0.1) is 0 Å². The van der Waals surface area contributed by atoms with Gasteiger partial charge in [-0.3, -0.25) is 5.53 Å². The van der Waals surface area contributed by atoms with E-state index in [1.807, 2.05) is 0 Å². The van der Waals surface area contributed by atoms with Crippen molar-refractivity contribution in [3.05, 3.63) is 10.4 Å². The number of nitroso groups, excluding NO2 is 1. The van der Waals surface area contributed by atoms with E-state index in [-0.39, 0.29) is 11.0 Å². The fourth-order valence-electron chi connectivity index (χ4n) is 0. The molecule has 0 unspecified atom stereocenters. The van der Waals surface area contributed by atoms with Crippen molar-refractivity contribution in [1.29, 1.82) is 0 Å². The van der Waals surface area contributed by atoms with Gasteiger partial charge in [-0.2, -0.15) is 0 Å². The lowest BCUT2D eigenvalue weighted by Gasteiger charge is -0.999. The highest BCUT2D eigenvalue weighted by molar-refractivity contribution is 3.92. The zero-order valence-electron chi connectivity index (χ0n) is 2.30. The largest absolute Gasteiger partial charge is 0.412 e. The van der Waals surface area contributed by atoms with Crippen LogP contribution >= 0.6 is 0 Å². The van der Waals surface area contributed by atoms with E-state index in [9.17, 15) is 0 Å². The molecule has 5 heavy (non-hydrogen) atoms. The highest BCUT2D eigenvalue weighted by Crippen LogP contribution is 0.905. The van der Waals surface area contributed by atoms with Gasteiger partial charge in [-0.05, 0) is 0 Å². The minimum absolute atomic E-state index is 0. The van der Waals surface area contributed by atoms with Crippen molar-refractivity contribution in [1.82, 2.24) is 4.97 Å². The Kier molecular flexibility index (Phi) is 1770. The van der Waals surface area contributed by atoms with Crippen LogP contribution in [0, 0.1) is 4.91 Å². The zero-order chi connectivity index (χ0) is 2.71. The van der Waals surface area contributed by atoms with Crippen molar-refractivity contribution in [2.24, 2.45) is 0 Å². The second kappa shape index (κ2) is 304. The van der Waals surface area contributed by atoms with E-state index < -0.39 is 0 Å². The van der Waals surface area contributed by atoms with Gasteiger partial charge in [-0.15, -0.1) is 0 Å². The van der Waals surface area contributed by atoms with Gasteiger partial charge in [0.2, 0.25) is 0 Å². The zero-order valence-corrected chi connectivity index (χ0v) is 2.30. The number of hydrogen-bond donors (Lipinski definition) is 0. The van der Waals surface area contributed by atoms with Crippen LogP contribution in [0.4, 0.5) is 0 Å². The first-order valence-corrected chi connectivity index (χ1v) is 0.383. The van der Waals surface area contributed by atoms with Crippen LogP contribution in [-0.2, 0) is 0 Å². The van der Waals surface area contributed by atoms with Crippen LogP contribution in [0.25, 0.3) is 5.53 Å². The van der Waals surface area contributed by atoms with E-state index in [0.29, 0.717) is 0 Å². The minimum Gasteiger partial charge on any atom is -0.412 e. The Balaban J connectivity index is -0.0000000200. The van der Waals surface area contributed by atoms with E-state index in [0.717, 1.165) is 0 Å². The third-order valence-corrected chi connectivity index (χ3v) is 0. The van der Waals surface area contributed by atoms with Gasteiger partial charge in [0, 0.05) is 0 Å². The van der Waals surface area contributed by atoms with Gasteiger partial charge in [-0.25, -0.2) is 0 Å². The Morgan fingerprint density at radius 2 is 1.40 bits per heavy atom. The third-order valence-electron chi connectivity index (χ3n) is 0. The summed E-state index contributed by atoms with van der Waals surface area (Å²) in [7, 11) is 0. The summed E-state index contributed by atoms with van der Waals surface area (Å²) in [5.74, 6) is 0. The summed E-state index contributed by atoms with van der Waals surface area (Å²) in [5.41, 5.74) is 6.64. The van der Waals surface area contributed by atoms with E-state index >= 15 is 0 Å². The van der Waals surface area contributed by atoms with Crippen LogP contribution < -0.4 is 4.97 Å². The maximum atomic E-state index is 8.11. The average Bonchev–Trinajstić information content (AvgIpc) is 0.918. The molecule has 0 aromatic carbocycles. The number of hydrogen-bond acceptors (Lipinski definition) is 1. The van der Waals surface area contributed by atoms with Crippen molar-refractivity contribution in [2.75, 3.05) is 0 Å². The SMILES string of the molecule is O.O.[N-]=[N+]=O. The molecule has 0 rings (SSSR count). The molecule has 0 aliphatic carbocycles. The highest BCUT2D eigenvalue weighted by atomic mass is 16.2. The van der Waals surface area contributed by atoms with Crippen molar-refractivity contribution in [2.45, 2.75) is 0 Å². The molecule has 0 spiro atoms. The van der Waals surface area contributed by atoms with E-state index in [1.165, 1.54) is 4.97 Å². The standard InChI is InChI=1S/N2O.2H2O/c1-2-3;;/h;2*1H2. The minimum atomic E-state index is 0. The molecule has 0 radical (unpaired) electrons. The van der Waals surface area contributed by atoms with Gasteiger partial charge >= 0.3 is 0 Å². The first-order chi connectivity index (χ1) is 1.41. The number of nitrogens with zero attached hydrogens (tertiary/aromatic N) is 2. The summed E-state index contributed by atoms with van der Waals surface area (Å²) in [6, 6.07) is 0. The molecule has 0 saturated carbocycles. The second-order valence-corrected chi connectivity index (χ2v) is 0.0816. The number of rotatable bonds is 0. The Morgan fingerprint density at radius 1 is 1.40 bits per heavy atom. The van der Waals surface area contributed by atoms with Gasteiger partial charge in [-0.1, -0.05) is 0 Å². The van der Waals surface area contributed by atoms with Gasteiger partial charge in [0.25, 0.3) is 0 Å². The second-order valence-electron chi connectivity index (χ2n) is 0.0816. The van der Waals surface area contributed by atoms with Crippen LogP contribution in [0.2, 0.25) is 0 Å². The van der Waals surface area contributed by atoms with Crippen molar-refractivity contribution < 1.29 is 11.0 Å². The summed E-state index contributed by atoms with van der Waals surface area (Å²) in [4.78, 5) is 9.36. The molecule has 0 bridgehead atoms. The summed E-state index contributed by atoms with van der Waals surface area (Å²) in [6.45, 7) is 0. The molecule has 4 N–H and O–H groups in total. The molecule has 0 heterocycles. The molecule has 5 nitrogen and oxygen atoms in total. The molecule has 0 saturated heterocycles. The Morgan fingerprint density at radius 3 is 1.40 bits per heavy atom. The lowest BCUT2D eigenvalue weighted by Crippen LogP contribution is -1.21. The smallest absolute Gasteiger partial charge is 0.151 e. The van der Waals surface area contributed by atoms with Crippen LogP contribution in [-0.4, -0.2) is 11.0 Å². The summed E-state index contributed by atoms with van der Waals surface area (Å²) in [5, 5.41) is 0. The Bertz CT molecular complexity index is 25.9. The van der Waals surface area contributed by atoms with Crippen LogP contribution in [0.15, 0.2) is 0 Å². The lowest BCUT2D eigenvalue weighted by molar-refractivity contribution is 0.823. The van der Waals surface area contributed by atoms with Crippen molar-refractivity contribution >= 4 is 0 Å². The van der Waals surface area contributed by atoms with Crippen molar-refractivity contribution in [3.8, 4) is 0 Å². The molecule has 0 aromatic heterocycles. The topological polar surface area (TPSA) is 116 Å². The molecule has 0 amide bonds. The Labute approximate surface area is 27.7 Å². The monoisotopic (exact) mass is 80.0 g/mol. The average molecular weight is 80.0 g/mol.